The van der Waals surface area contributed by atoms with Crippen LogP contribution in [0.4, 0.5) is 0 Å². The second-order valence-corrected chi connectivity index (χ2v) is 10.5. The predicted molar refractivity (Wildman–Crippen MR) is 145 cm³/mol. The van der Waals surface area contributed by atoms with E-state index >= 15 is 0 Å². The van der Waals surface area contributed by atoms with Crippen LogP contribution in [0, 0.1) is 0 Å². The lowest BCUT2D eigenvalue weighted by atomic mass is 9.99. The standard InChI is InChI=1S/C29H53NO6/c1-5-6-7-8-9-10-11-12-13-14-15-16-17-18-19-20-21-22-23-30(24(2)27(31)32,25(3)28(33)34)26(4)29(35)36/h5,24-26H,1,6-23H2,2-4H3,(H2-,31,32,33,34,35,36)/p+1. The van der Waals surface area contributed by atoms with Crippen molar-refractivity contribution in [2.45, 2.75) is 148 Å². The summed E-state index contributed by atoms with van der Waals surface area (Å²) in [7, 11) is 0. The molecule has 7 heteroatoms. The Morgan fingerprint density at radius 1 is 0.556 bits per heavy atom. The van der Waals surface area contributed by atoms with Crippen LogP contribution in [0.3, 0.4) is 0 Å². The lowest BCUT2D eigenvalue weighted by molar-refractivity contribution is -0.968. The Morgan fingerprint density at radius 2 is 0.806 bits per heavy atom. The van der Waals surface area contributed by atoms with Crippen molar-refractivity contribution in [3.05, 3.63) is 12.7 Å². The first kappa shape index (κ1) is 34.1. The number of rotatable bonds is 25. The molecule has 0 aliphatic carbocycles. The summed E-state index contributed by atoms with van der Waals surface area (Å²) in [6.45, 7) is 8.26. The number of aliphatic carboxylic acids is 3. The first-order chi connectivity index (χ1) is 17.1. The first-order valence-electron chi connectivity index (χ1n) is 14.3. The lowest BCUT2D eigenvalue weighted by Crippen LogP contribution is -2.70. The molecule has 0 fully saturated rings. The van der Waals surface area contributed by atoms with Gasteiger partial charge in [0.25, 0.3) is 0 Å². The predicted octanol–water partition coefficient (Wildman–Crippen LogP) is 7.04. The minimum Gasteiger partial charge on any atom is -0.477 e. The molecule has 0 radical (unpaired) electrons. The van der Waals surface area contributed by atoms with Gasteiger partial charge in [-0.15, -0.1) is 6.58 Å². The van der Waals surface area contributed by atoms with Crippen LogP contribution in [0.2, 0.25) is 0 Å². The smallest absolute Gasteiger partial charge is 0.362 e. The third-order valence-corrected chi connectivity index (χ3v) is 7.94. The Labute approximate surface area is 219 Å². The SMILES string of the molecule is C=CCCCCCCCCCCCCCCCCCC[N+](C(C)C(=O)O)(C(C)C(=O)O)C(C)C(=O)O. The van der Waals surface area contributed by atoms with E-state index in [0.717, 1.165) is 25.7 Å². The minimum absolute atomic E-state index is 0.225. The number of hydrogen-bond acceptors (Lipinski definition) is 3. The molecule has 3 atom stereocenters. The number of carboxylic acids is 3. The fourth-order valence-electron chi connectivity index (χ4n) is 5.35. The fraction of sp³-hybridized carbons (Fsp3) is 0.828. The molecule has 0 saturated carbocycles. The maximum absolute atomic E-state index is 11.8. The quantitative estimate of drug-likeness (QED) is 0.0687. The van der Waals surface area contributed by atoms with Gasteiger partial charge in [0.15, 0.2) is 18.1 Å². The molecule has 0 saturated heterocycles. The van der Waals surface area contributed by atoms with Crippen molar-refractivity contribution in [2.75, 3.05) is 6.54 Å². The number of carboxylic acid groups (broad SMARTS) is 3. The average Bonchev–Trinajstić information content (AvgIpc) is 2.84. The largest absolute Gasteiger partial charge is 0.477 e. The van der Waals surface area contributed by atoms with Gasteiger partial charge in [0.2, 0.25) is 0 Å². The van der Waals surface area contributed by atoms with Crippen molar-refractivity contribution in [2.24, 2.45) is 0 Å². The van der Waals surface area contributed by atoms with Crippen molar-refractivity contribution in [3.63, 3.8) is 0 Å². The summed E-state index contributed by atoms with van der Waals surface area (Å²) < 4.78 is -0.477. The zero-order chi connectivity index (χ0) is 27.4. The molecule has 0 spiro atoms. The Hall–Kier alpha value is -1.89. The molecule has 0 aromatic rings. The maximum Gasteiger partial charge on any atom is 0.362 e. The summed E-state index contributed by atoms with van der Waals surface area (Å²) in [6, 6.07) is -3.36. The number of quaternary nitrogens is 1. The van der Waals surface area contributed by atoms with Crippen LogP contribution in [0.5, 0.6) is 0 Å². The maximum atomic E-state index is 11.8. The topological polar surface area (TPSA) is 112 Å². The monoisotopic (exact) mass is 512 g/mol. The van der Waals surface area contributed by atoms with Crippen molar-refractivity contribution in [1.82, 2.24) is 0 Å². The zero-order valence-electron chi connectivity index (χ0n) is 23.3. The third-order valence-electron chi connectivity index (χ3n) is 7.94. The highest BCUT2D eigenvalue weighted by atomic mass is 16.4. The van der Waals surface area contributed by atoms with E-state index in [-0.39, 0.29) is 6.54 Å². The van der Waals surface area contributed by atoms with Crippen molar-refractivity contribution < 1.29 is 34.2 Å². The van der Waals surface area contributed by atoms with Gasteiger partial charge in [-0.1, -0.05) is 89.5 Å². The summed E-state index contributed by atoms with van der Waals surface area (Å²) in [5.41, 5.74) is 0. The molecule has 210 valence electrons. The molecule has 3 unspecified atom stereocenters. The van der Waals surface area contributed by atoms with Crippen LogP contribution < -0.4 is 0 Å². The van der Waals surface area contributed by atoms with Gasteiger partial charge < -0.3 is 15.3 Å². The van der Waals surface area contributed by atoms with Crippen LogP contribution in [-0.2, 0) is 14.4 Å². The molecule has 0 aromatic carbocycles. The van der Waals surface area contributed by atoms with Gasteiger partial charge in [-0.2, -0.15) is 0 Å². The van der Waals surface area contributed by atoms with Gasteiger partial charge in [0, 0.05) is 0 Å². The van der Waals surface area contributed by atoms with Crippen molar-refractivity contribution in [3.8, 4) is 0 Å². The molecule has 0 rings (SSSR count). The molecule has 0 bridgehead atoms. The number of unbranched alkanes of at least 4 members (excludes halogenated alkanes) is 16. The molecule has 3 N–H and O–H groups in total. The Kier molecular flexibility index (Phi) is 19.1. The Bertz CT molecular complexity index is 585. The van der Waals surface area contributed by atoms with E-state index in [1.807, 2.05) is 6.08 Å². The van der Waals surface area contributed by atoms with Crippen LogP contribution in [0.15, 0.2) is 12.7 Å². The first-order valence-corrected chi connectivity index (χ1v) is 14.3. The molecular weight excluding hydrogens is 458 g/mol. The van der Waals surface area contributed by atoms with E-state index in [1.165, 1.54) is 97.8 Å². The molecule has 0 aliphatic rings. The number of nitrogens with zero attached hydrogens (tertiary/aromatic N) is 1. The minimum atomic E-state index is -1.17. The Morgan fingerprint density at radius 3 is 1.06 bits per heavy atom. The van der Waals surface area contributed by atoms with Gasteiger partial charge in [-0.25, -0.2) is 14.4 Å². The summed E-state index contributed by atoms with van der Waals surface area (Å²) in [6.07, 6.45) is 22.4. The highest BCUT2D eigenvalue weighted by Gasteiger charge is 2.52. The van der Waals surface area contributed by atoms with E-state index in [1.54, 1.807) is 0 Å². The Balaban J connectivity index is 4.15. The van der Waals surface area contributed by atoms with Crippen LogP contribution in [0.25, 0.3) is 0 Å². The fourth-order valence-corrected chi connectivity index (χ4v) is 5.35. The van der Waals surface area contributed by atoms with Gasteiger partial charge in [0.1, 0.15) is 0 Å². The van der Waals surface area contributed by atoms with Crippen molar-refractivity contribution >= 4 is 17.9 Å². The second-order valence-electron chi connectivity index (χ2n) is 10.5. The molecule has 0 aliphatic heterocycles. The van der Waals surface area contributed by atoms with Crippen LogP contribution in [-0.4, -0.2) is 62.4 Å². The van der Waals surface area contributed by atoms with E-state index < -0.39 is 40.5 Å². The molecule has 7 nitrogen and oxygen atoms in total. The van der Waals surface area contributed by atoms with Gasteiger partial charge in [-0.3, -0.25) is 4.48 Å². The van der Waals surface area contributed by atoms with Crippen molar-refractivity contribution in [1.29, 1.82) is 0 Å². The molecule has 0 aromatic heterocycles. The van der Waals surface area contributed by atoms with Gasteiger partial charge in [0.05, 0.1) is 6.54 Å². The highest BCUT2D eigenvalue weighted by molar-refractivity contribution is 5.77. The lowest BCUT2D eigenvalue weighted by Gasteiger charge is -2.47. The van der Waals surface area contributed by atoms with Crippen LogP contribution >= 0.6 is 0 Å². The highest BCUT2D eigenvalue weighted by Crippen LogP contribution is 2.27. The number of allylic oxidation sites excluding steroid dienone is 1. The average molecular weight is 513 g/mol. The molecule has 0 heterocycles. The second kappa shape index (κ2) is 20.2. The summed E-state index contributed by atoms with van der Waals surface area (Å²) in [5.74, 6) is -3.51. The normalized spacial score (nSPS) is 15.5. The van der Waals surface area contributed by atoms with Crippen LogP contribution in [0.1, 0.15) is 130 Å². The summed E-state index contributed by atoms with van der Waals surface area (Å²) in [5, 5.41) is 28.9. The number of carbonyl (C=O) groups is 3. The van der Waals surface area contributed by atoms with Gasteiger partial charge in [-0.05, 0) is 46.5 Å². The number of hydrogen-bond donors (Lipinski definition) is 3. The van der Waals surface area contributed by atoms with E-state index in [2.05, 4.69) is 6.58 Å². The van der Waals surface area contributed by atoms with Gasteiger partial charge >= 0.3 is 17.9 Å². The molecular formula is C29H54NO6+. The summed E-state index contributed by atoms with van der Waals surface area (Å²) in [4.78, 5) is 35.4. The molecule has 0 amide bonds. The van der Waals surface area contributed by atoms with E-state index in [9.17, 15) is 29.7 Å². The summed E-state index contributed by atoms with van der Waals surface area (Å²) >= 11 is 0. The zero-order valence-corrected chi connectivity index (χ0v) is 23.3. The third kappa shape index (κ3) is 12.9. The van der Waals surface area contributed by atoms with E-state index in [0.29, 0.717) is 6.42 Å². The molecule has 36 heavy (non-hydrogen) atoms. The van der Waals surface area contributed by atoms with E-state index in [4.69, 9.17) is 0 Å².